The summed E-state index contributed by atoms with van der Waals surface area (Å²) in [7, 11) is 0. The van der Waals surface area contributed by atoms with Gasteiger partial charge in [-0.1, -0.05) is 18.5 Å². The first-order valence-electron chi connectivity index (χ1n) is 5.98. The number of carbonyl (C=O) groups excluding carboxylic acids is 1. The molecule has 1 aliphatic heterocycles. The molecule has 0 N–H and O–H groups in total. The van der Waals surface area contributed by atoms with Crippen LogP contribution in [-0.4, -0.2) is 20.9 Å². The molecule has 5 nitrogen and oxygen atoms in total. The molecule has 19 heavy (non-hydrogen) atoms. The van der Waals surface area contributed by atoms with Crippen LogP contribution >= 0.6 is 11.6 Å². The summed E-state index contributed by atoms with van der Waals surface area (Å²) in [6, 6.07) is 3.33. The molecule has 0 saturated carbocycles. The molecular weight excluding hydrogens is 264 g/mol. The maximum Gasteiger partial charge on any atom is 0.280 e. The number of hydrogen-bond donors (Lipinski definition) is 0. The Balaban J connectivity index is 2.08. The monoisotopic (exact) mass is 274 g/mol. The minimum Gasteiger partial charge on any atom is -0.282 e. The quantitative estimate of drug-likeness (QED) is 0.845. The van der Waals surface area contributed by atoms with Gasteiger partial charge in [-0.25, -0.2) is 9.97 Å². The standard InChI is InChI=1S/C13H11ClN4O/c1-2-9-11-12(16-6-5-15-11)13(19)18(9)10-4-3-8(14)7-17-10/h3-7,9H,2H2,1H3. The number of carbonyl (C=O) groups is 1. The number of nitrogens with zero attached hydrogens (tertiary/aromatic N) is 4. The van der Waals surface area contributed by atoms with Crippen LogP contribution in [0.3, 0.4) is 0 Å². The molecule has 1 amide bonds. The van der Waals surface area contributed by atoms with Crippen LogP contribution in [-0.2, 0) is 0 Å². The summed E-state index contributed by atoms with van der Waals surface area (Å²) in [5, 5.41) is 0.539. The zero-order valence-corrected chi connectivity index (χ0v) is 11.0. The lowest BCUT2D eigenvalue weighted by Gasteiger charge is -2.22. The van der Waals surface area contributed by atoms with Crippen molar-refractivity contribution < 1.29 is 4.79 Å². The van der Waals surface area contributed by atoms with Gasteiger partial charge in [0, 0.05) is 18.6 Å². The molecule has 2 aromatic rings. The minimum atomic E-state index is -0.162. The van der Waals surface area contributed by atoms with Crippen LogP contribution in [0.5, 0.6) is 0 Å². The van der Waals surface area contributed by atoms with E-state index in [4.69, 9.17) is 11.6 Å². The summed E-state index contributed by atoms with van der Waals surface area (Å²) in [4.78, 5) is 26.6. The van der Waals surface area contributed by atoms with Crippen LogP contribution in [0.15, 0.2) is 30.7 Å². The van der Waals surface area contributed by atoms with E-state index in [1.54, 1.807) is 23.2 Å². The lowest BCUT2D eigenvalue weighted by atomic mass is 10.1. The van der Waals surface area contributed by atoms with E-state index >= 15 is 0 Å². The van der Waals surface area contributed by atoms with Crippen molar-refractivity contribution in [3.05, 3.63) is 47.1 Å². The third-order valence-electron chi connectivity index (χ3n) is 3.12. The fourth-order valence-corrected chi connectivity index (χ4v) is 2.40. The van der Waals surface area contributed by atoms with Crippen LogP contribution in [0.2, 0.25) is 5.02 Å². The highest BCUT2D eigenvalue weighted by Gasteiger charge is 2.39. The molecule has 0 aliphatic carbocycles. The van der Waals surface area contributed by atoms with Crippen molar-refractivity contribution in [3.8, 4) is 0 Å². The van der Waals surface area contributed by atoms with E-state index in [2.05, 4.69) is 15.0 Å². The van der Waals surface area contributed by atoms with Gasteiger partial charge < -0.3 is 0 Å². The third kappa shape index (κ3) is 1.86. The number of hydrogen-bond acceptors (Lipinski definition) is 4. The molecular formula is C13H11ClN4O. The molecule has 0 saturated heterocycles. The molecule has 1 aliphatic rings. The number of fused-ring (bicyclic) bond motifs is 1. The van der Waals surface area contributed by atoms with Crippen molar-refractivity contribution >= 4 is 23.3 Å². The Hall–Kier alpha value is -2.01. The Morgan fingerprint density at radius 1 is 1.26 bits per heavy atom. The van der Waals surface area contributed by atoms with Gasteiger partial charge in [0.1, 0.15) is 5.82 Å². The fourth-order valence-electron chi connectivity index (χ4n) is 2.29. The molecule has 96 valence electrons. The summed E-state index contributed by atoms with van der Waals surface area (Å²) in [5.74, 6) is 0.408. The maximum absolute atomic E-state index is 12.4. The zero-order valence-electron chi connectivity index (χ0n) is 10.2. The predicted octanol–water partition coefficient (Wildman–Crippen LogP) is 2.64. The van der Waals surface area contributed by atoms with Gasteiger partial charge >= 0.3 is 0 Å². The first-order chi connectivity index (χ1) is 9.22. The highest BCUT2D eigenvalue weighted by molar-refractivity contribution is 6.30. The highest BCUT2D eigenvalue weighted by atomic mass is 35.5. The lowest BCUT2D eigenvalue weighted by Crippen LogP contribution is -2.28. The number of amides is 1. The Bertz CT molecular complexity index is 629. The van der Waals surface area contributed by atoms with Gasteiger partial charge in [-0.3, -0.25) is 14.7 Å². The van der Waals surface area contributed by atoms with Crippen LogP contribution in [0, 0.1) is 0 Å². The Labute approximate surface area is 115 Å². The second-order valence-corrected chi connectivity index (χ2v) is 4.66. The van der Waals surface area contributed by atoms with E-state index in [0.29, 0.717) is 22.2 Å². The van der Waals surface area contributed by atoms with Crippen LogP contribution in [0.4, 0.5) is 5.82 Å². The molecule has 0 spiro atoms. The fraction of sp³-hybridized carbons (Fsp3) is 0.231. The van der Waals surface area contributed by atoms with Gasteiger partial charge in [0.15, 0.2) is 5.69 Å². The summed E-state index contributed by atoms with van der Waals surface area (Å²) >= 11 is 5.82. The predicted molar refractivity (Wildman–Crippen MR) is 71.1 cm³/mol. The van der Waals surface area contributed by atoms with E-state index in [0.717, 1.165) is 6.42 Å². The molecule has 3 heterocycles. The van der Waals surface area contributed by atoms with Gasteiger partial charge in [-0.05, 0) is 18.6 Å². The number of aromatic nitrogens is 3. The first kappa shape index (κ1) is 12.0. The molecule has 1 unspecified atom stereocenters. The normalized spacial score (nSPS) is 17.7. The van der Waals surface area contributed by atoms with Crippen LogP contribution in [0.1, 0.15) is 35.6 Å². The lowest BCUT2D eigenvalue weighted by molar-refractivity contribution is 0.0986. The van der Waals surface area contributed by atoms with Crippen molar-refractivity contribution in [2.24, 2.45) is 0 Å². The van der Waals surface area contributed by atoms with E-state index in [9.17, 15) is 4.79 Å². The van der Waals surface area contributed by atoms with Crippen molar-refractivity contribution in [3.63, 3.8) is 0 Å². The summed E-state index contributed by atoms with van der Waals surface area (Å²) in [6.07, 6.45) is 5.41. The van der Waals surface area contributed by atoms with Crippen LogP contribution in [0.25, 0.3) is 0 Å². The van der Waals surface area contributed by atoms with E-state index in [1.807, 2.05) is 6.92 Å². The number of rotatable bonds is 2. The minimum absolute atomic E-state index is 0.120. The molecule has 6 heteroatoms. The number of anilines is 1. The van der Waals surface area contributed by atoms with Gasteiger partial charge in [0.2, 0.25) is 0 Å². The largest absolute Gasteiger partial charge is 0.282 e. The summed E-state index contributed by atoms with van der Waals surface area (Å²) in [5.41, 5.74) is 1.12. The average molecular weight is 275 g/mol. The number of halogens is 1. The molecule has 1 atom stereocenters. The number of pyridine rings is 1. The van der Waals surface area contributed by atoms with Gasteiger partial charge in [-0.15, -0.1) is 0 Å². The second-order valence-electron chi connectivity index (χ2n) is 4.22. The average Bonchev–Trinajstić information content (AvgIpc) is 2.73. The van der Waals surface area contributed by atoms with E-state index in [1.165, 1.54) is 12.4 Å². The van der Waals surface area contributed by atoms with Gasteiger partial charge in [0.25, 0.3) is 5.91 Å². The zero-order chi connectivity index (χ0) is 13.4. The van der Waals surface area contributed by atoms with Crippen molar-refractivity contribution in [2.45, 2.75) is 19.4 Å². The van der Waals surface area contributed by atoms with Crippen LogP contribution < -0.4 is 4.90 Å². The topological polar surface area (TPSA) is 59.0 Å². The maximum atomic E-state index is 12.4. The Morgan fingerprint density at radius 2 is 2.05 bits per heavy atom. The van der Waals surface area contributed by atoms with Crippen molar-refractivity contribution in [1.82, 2.24) is 15.0 Å². The molecule has 0 aromatic carbocycles. The second kappa shape index (κ2) is 4.59. The van der Waals surface area contributed by atoms with Crippen molar-refractivity contribution in [1.29, 1.82) is 0 Å². The molecule has 2 aromatic heterocycles. The molecule has 0 radical (unpaired) electrons. The van der Waals surface area contributed by atoms with E-state index < -0.39 is 0 Å². The van der Waals surface area contributed by atoms with Gasteiger partial charge in [0.05, 0.1) is 16.8 Å². The molecule has 0 fully saturated rings. The molecule has 0 bridgehead atoms. The van der Waals surface area contributed by atoms with E-state index in [-0.39, 0.29) is 11.9 Å². The third-order valence-corrected chi connectivity index (χ3v) is 3.34. The Morgan fingerprint density at radius 3 is 2.74 bits per heavy atom. The molecule has 3 rings (SSSR count). The Kier molecular flexibility index (Phi) is 2.91. The summed E-state index contributed by atoms with van der Waals surface area (Å²) < 4.78 is 0. The SMILES string of the molecule is CCC1c2nccnc2C(=O)N1c1ccc(Cl)cn1. The first-order valence-corrected chi connectivity index (χ1v) is 6.36. The van der Waals surface area contributed by atoms with Gasteiger partial charge in [-0.2, -0.15) is 0 Å². The van der Waals surface area contributed by atoms with Crippen molar-refractivity contribution in [2.75, 3.05) is 4.90 Å². The summed E-state index contributed by atoms with van der Waals surface area (Å²) in [6.45, 7) is 2.00. The highest BCUT2D eigenvalue weighted by Crippen LogP contribution is 2.36. The smallest absolute Gasteiger partial charge is 0.280 e.